The number of carbonyl (C=O) groups is 2. The fourth-order valence-electron chi connectivity index (χ4n) is 2.39. The Bertz CT molecular complexity index is 785. The van der Waals surface area contributed by atoms with E-state index in [-0.39, 0.29) is 0 Å². The largest absolute Gasteiger partial charge is 0.430 e. The van der Waals surface area contributed by atoms with Crippen molar-refractivity contribution in [1.29, 1.82) is 0 Å². The molecule has 0 aliphatic heterocycles. The van der Waals surface area contributed by atoms with E-state index in [2.05, 4.69) is 13.2 Å². The molecule has 2 rings (SSSR count). The van der Waals surface area contributed by atoms with Gasteiger partial charge in [0.05, 0.1) is 0 Å². The number of benzene rings is 2. The van der Waals surface area contributed by atoms with Gasteiger partial charge in [-0.2, -0.15) is 0 Å². The molecule has 2 aromatic rings. The molecule has 0 aliphatic rings. The fourth-order valence-corrected chi connectivity index (χ4v) is 3.29. The highest BCUT2D eigenvalue weighted by molar-refractivity contribution is 7.22. The van der Waals surface area contributed by atoms with Crippen LogP contribution in [0.5, 0.6) is 11.5 Å². The van der Waals surface area contributed by atoms with Crippen molar-refractivity contribution in [3.05, 3.63) is 85.0 Å². The molecule has 0 amide bonds. The van der Waals surface area contributed by atoms with Crippen molar-refractivity contribution < 1.29 is 19.1 Å². The Morgan fingerprint density at radius 3 is 1.56 bits per heavy atom. The first-order chi connectivity index (χ1) is 12.9. The highest BCUT2D eigenvalue weighted by Crippen LogP contribution is 2.24. The highest BCUT2D eigenvalue weighted by atomic mass is 28.3. The molecule has 5 heteroatoms. The van der Waals surface area contributed by atoms with E-state index in [9.17, 15) is 9.59 Å². The van der Waals surface area contributed by atoms with Gasteiger partial charge >= 0.3 is 8.07 Å². The summed E-state index contributed by atoms with van der Waals surface area (Å²) in [7, 11) is -3.14. The molecule has 0 unspecified atom stereocenters. The zero-order valence-electron chi connectivity index (χ0n) is 15.7. The Balaban J connectivity index is 2.17. The van der Waals surface area contributed by atoms with E-state index in [1.807, 2.05) is 24.3 Å². The summed E-state index contributed by atoms with van der Waals surface area (Å²) in [6.07, 6.45) is 4.62. The lowest BCUT2D eigenvalue weighted by molar-refractivity contribution is 0.214. The second-order valence-corrected chi connectivity index (χ2v) is 10.7. The lowest BCUT2D eigenvalue weighted by Gasteiger charge is -2.20. The molecule has 0 radical (unpaired) electrons. The summed E-state index contributed by atoms with van der Waals surface area (Å²) in [5.41, 5.74) is 0.612. The molecule has 0 saturated carbocycles. The lowest BCUT2D eigenvalue weighted by Crippen LogP contribution is -2.50. The Labute approximate surface area is 161 Å². The molecular formula is C22H24O4Si. The van der Waals surface area contributed by atoms with E-state index in [1.54, 1.807) is 49.5 Å². The maximum atomic E-state index is 12.7. The summed E-state index contributed by atoms with van der Waals surface area (Å²) in [5, 5.41) is 0. The number of carbonyl (C=O) groups excluding carboxylic acids is 2. The van der Waals surface area contributed by atoms with Gasteiger partial charge in [-0.15, -0.1) is 13.2 Å². The van der Waals surface area contributed by atoms with E-state index < -0.39 is 19.3 Å². The van der Waals surface area contributed by atoms with Crippen molar-refractivity contribution in [3.8, 4) is 11.5 Å². The zero-order valence-corrected chi connectivity index (χ0v) is 16.7. The van der Waals surface area contributed by atoms with Crippen LogP contribution < -0.4 is 9.47 Å². The molecule has 0 heterocycles. The minimum absolute atomic E-state index is 0.447. The predicted octanol–water partition coefficient (Wildman–Crippen LogP) is 5.71. The molecule has 0 aliphatic carbocycles. The monoisotopic (exact) mass is 380 g/mol. The number of ether oxygens (including phenoxy) is 2. The third kappa shape index (κ3) is 5.05. The number of para-hydroxylation sites is 2. The summed E-state index contributed by atoms with van der Waals surface area (Å²) >= 11 is 0. The summed E-state index contributed by atoms with van der Waals surface area (Å²) in [6, 6.07) is 14.5. The standard InChI is InChI=1S/C22H24O4Si/c1-5-11-17-13-7-9-15-19(17)25-21(23)27(3,4)22(24)26-20-16-10-8-14-18(20)12-6-2/h5-10,13-16H,1-2,11-12H2,3-4H3. The molecular weight excluding hydrogens is 356 g/mol. The molecule has 0 atom stereocenters. The van der Waals surface area contributed by atoms with Crippen LogP contribution in [0.25, 0.3) is 0 Å². The Hall–Kier alpha value is -2.92. The van der Waals surface area contributed by atoms with Gasteiger partial charge in [0, 0.05) is 0 Å². The topological polar surface area (TPSA) is 52.6 Å². The first-order valence-corrected chi connectivity index (χ1v) is 11.7. The summed E-state index contributed by atoms with van der Waals surface area (Å²) in [5.74, 6) is 0.894. The van der Waals surface area contributed by atoms with Crippen LogP contribution in [0.2, 0.25) is 13.1 Å². The lowest BCUT2D eigenvalue weighted by atomic mass is 10.1. The van der Waals surface area contributed by atoms with Gasteiger partial charge in [0.2, 0.25) is 0 Å². The molecule has 0 N–H and O–H groups in total. The van der Waals surface area contributed by atoms with E-state index in [0.717, 1.165) is 11.1 Å². The van der Waals surface area contributed by atoms with Gasteiger partial charge in [-0.05, 0) is 49.2 Å². The van der Waals surface area contributed by atoms with Crippen LogP contribution in [-0.4, -0.2) is 19.3 Å². The highest BCUT2D eigenvalue weighted by Gasteiger charge is 2.44. The molecule has 140 valence electrons. The van der Waals surface area contributed by atoms with Gasteiger partial charge in [0.1, 0.15) is 11.5 Å². The number of allylic oxidation sites excluding steroid dienone is 2. The van der Waals surface area contributed by atoms with Gasteiger partial charge in [-0.25, -0.2) is 0 Å². The van der Waals surface area contributed by atoms with Crippen molar-refractivity contribution in [2.24, 2.45) is 0 Å². The van der Waals surface area contributed by atoms with E-state index >= 15 is 0 Å². The third-order valence-corrected chi connectivity index (χ3v) is 6.35. The van der Waals surface area contributed by atoms with Crippen LogP contribution in [0.3, 0.4) is 0 Å². The number of hydrogen-bond donors (Lipinski definition) is 0. The maximum Gasteiger partial charge on any atom is 0.307 e. The quantitative estimate of drug-likeness (QED) is 0.434. The summed E-state index contributed by atoms with van der Waals surface area (Å²) < 4.78 is 11.1. The molecule has 0 bridgehead atoms. The van der Waals surface area contributed by atoms with Crippen LogP contribution in [0.15, 0.2) is 73.8 Å². The Morgan fingerprint density at radius 1 is 0.815 bits per heavy atom. The molecule has 2 aromatic carbocycles. The van der Waals surface area contributed by atoms with E-state index in [0.29, 0.717) is 24.3 Å². The minimum atomic E-state index is -3.14. The van der Waals surface area contributed by atoms with Gasteiger partial charge in [0.25, 0.3) is 11.2 Å². The molecule has 0 saturated heterocycles. The van der Waals surface area contributed by atoms with E-state index in [4.69, 9.17) is 9.47 Å². The maximum absolute atomic E-state index is 12.7. The van der Waals surface area contributed by atoms with Crippen molar-refractivity contribution >= 4 is 19.3 Å². The molecule has 0 aromatic heterocycles. The van der Waals surface area contributed by atoms with E-state index in [1.165, 1.54) is 0 Å². The Morgan fingerprint density at radius 2 is 1.19 bits per heavy atom. The normalized spacial score (nSPS) is 10.7. The smallest absolute Gasteiger partial charge is 0.307 e. The van der Waals surface area contributed by atoms with Gasteiger partial charge in [-0.1, -0.05) is 48.6 Å². The Kier molecular flexibility index (Phi) is 6.90. The summed E-state index contributed by atoms with van der Waals surface area (Å²) in [6.45, 7) is 10.7. The van der Waals surface area contributed by atoms with Gasteiger partial charge in [0.15, 0.2) is 0 Å². The molecule has 27 heavy (non-hydrogen) atoms. The van der Waals surface area contributed by atoms with Crippen molar-refractivity contribution in [1.82, 2.24) is 0 Å². The van der Waals surface area contributed by atoms with Crippen LogP contribution >= 0.6 is 0 Å². The zero-order chi connectivity index (χ0) is 19.9. The molecule has 4 nitrogen and oxygen atoms in total. The van der Waals surface area contributed by atoms with Crippen LogP contribution in [0.1, 0.15) is 11.1 Å². The second-order valence-electron chi connectivity index (χ2n) is 6.61. The average molecular weight is 381 g/mol. The third-order valence-electron chi connectivity index (χ3n) is 4.10. The fraction of sp³-hybridized carbons (Fsp3) is 0.182. The summed E-state index contributed by atoms with van der Waals surface area (Å²) in [4.78, 5) is 25.5. The van der Waals surface area contributed by atoms with Crippen molar-refractivity contribution in [2.75, 3.05) is 0 Å². The number of rotatable bonds is 8. The van der Waals surface area contributed by atoms with Crippen molar-refractivity contribution in [3.63, 3.8) is 0 Å². The van der Waals surface area contributed by atoms with Crippen molar-refractivity contribution in [2.45, 2.75) is 25.9 Å². The first kappa shape index (κ1) is 20.4. The van der Waals surface area contributed by atoms with Crippen LogP contribution in [-0.2, 0) is 12.8 Å². The second kappa shape index (κ2) is 9.14. The van der Waals surface area contributed by atoms with Crippen LogP contribution in [0.4, 0.5) is 9.59 Å². The van der Waals surface area contributed by atoms with Gasteiger partial charge < -0.3 is 9.47 Å². The molecule has 0 spiro atoms. The SMILES string of the molecule is C=CCc1ccccc1OC(=O)[Si](C)(C)C(=O)Oc1ccccc1CC=C. The molecule has 0 fully saturated rings. The predicted molar refractivity (Wildman–Crippen MR) is 110 cm³/mol. The average Bonchev–Trinajstić information content (AvgIpc) is 2.65. The van der Waals surface area contributed by atoms with Gasteiger partial charge in [-0.3, -0.25) is 9.59 Å². The number of hydrogen-bond acceptors (Lipinski definition) is 4. The first-order valence-electron chi connectivity index (χ1n) is 8.72. The minimum Gasteiger partial charge on any atom is -0.430 e. The van der Waals surface area contributed by atoms with Crippen LogP contribution in [0, 0.1) is 0 Å².